The number of carbonyl (C=O) groups excluding carboxylic acids is 2. The molecule has 10 heteroatoms. The second-order valence-corrected chi connectivity index (χ2v) is 12.3. The van der Waals surface area contributed by atoms with E-state index in [0.717, 1.165) is 18.2 Å². The third-order valence-electron chi connectivity index (χ3n) is 8.10. The predicted molar refractivity (Wildman–Crippen MR) is 130 cm³/mol. The number of carbonyl (C=O) groups is 2. The minimum absolute atomic E-state index is 0.0340. The molecule has 1 saturated carbocycles. The van der Waals surface area contributed by atoms with Crippen LogP contribution in [0.3, 0.4) is 0 Å². The van der Waals surface area contributed by atoms with Gasteiger partial charge in [-0.3, -0.25) is 9.59 Å². The summed E-state index contributed by atoms with van der Waals surface area (Å²) in [5, 5.41) is 14.6. The van der Waals surface area contributed by atoms with Crippen molar-refractivity contribution < 1.29 is 27.9 Å². The van der Waals surface area contributed by atoms with Crippen LogP contribution in [-0.4, -0.2) is 36.5 Å². The second kappa shape index (κ2) is 6.77. The minimum atomic E-state index is -3.59. The van der Waals surface area contributed by atoms with E-state index in [1.54, 1.807) is 24.3 Å². The lowest BCUT2D eigenvalue weighted by atomic mass is 9.81. The molecule has 0 radical (unpaired) electrons. The van der Waals surface area contributed by atoms with Gasteiger partial charge in [-0.1, -0.05) is 38.1 Å². The van der Waals surface area contributed by atoms with Gasteiger partial charge in [0.25, 0.3) is 11.7 Å². The van der Waals surface area contributed by atoms with E-state index in [0.29, 0.717) is 17.2 Å². The van der Waals surface area contributed by atoms with Gasteiger partial charge >= 0.3 is 0 Å². The third kappa shape index (κ3) is 2.71. The molecule has 5 N–H and O–H groups in total. The number of fused-ring (bicyclic) bond motifs is 5. The van der Waals surface area contributed by atoms with E-state index in [1.165, 1.54) is 12.1 Å². The van der Waals surface area contributed by atoms with Crippen LogP contribution in [0.25, 0.3) is 0 Å². The van der Waals surface area contributed by atoms with Crippen molar-refractivity contribution in [1.82, 2.24) is 10.3 Å². The number of aromatic amines is 1. The molecule has 186 valence electrons. The van der Waals surface area contributed by atoms with Crippen molar-refractivity contribution in [2.24, 2.45) is 5.92 Å². The first-order valence-corrected chi connectivity index (χ1v) is 13.4. The highest BCUT2D eigenvalue weighted by Gasteiger charge is 2.72. The van der Waals surface area contributed by atoms with Gasteiger partial charge in [0, 0.05) is 23.1 Å². The number of amides is 1. The summed E-state index contributed by atoms with van der Waals surface area (Å²) in [7, 11) is -3.59. The molecule has 3 aromatic rings. The number of nitrogen functional groups attached to an aromatic ring is 1. The SMILES string of the molecule is C[C@H]1C[C@@]1(C)c1ccc2c(c1)OC1(O)c3cccc(N)c3C(=O)C21NC(=O)c1ccc(S(C)(=O)=O)[nH]1. The average Bonchev–Trinajstić information content (AvgIpc) is 3.14. The molecule has 1 amide bonds. The number of sulfone groups is 1. The number of aromatic nitrogens is 1. The number of hydrogen-bond acceptors (Lipinski definition) is 7. The number of anilines is 1. The zero-order valence-electron chi connectivity index (χ0n) is 19.9. The van der Waals surface area contributed by atoms with Crippen molar-refractivity contribution in [2.75, 3.05) is 12.0 Å². The zero-order valence-corrected chi connectivity index (χ0v) is 20.7. The van der Waals surface area contributed by atoms with Crippen LogP contribution in [0.1, 0.15) is 57.8 Å². The molecular weight excluding hydrogens is 482 g/mol. The van der Waals surface area contributed by atoms with Crippen molar-refractivity contribution in [2.45, 2.75) is 42.0 Å². The third-order valence-corrected chi connectivity index (χ3v) is 9.14. The maximum Gasteiger partial charge on any atom is 0.271 e. The van der Waals surface area contributed by atoms with Gasteiger partial charge < -0.3 is 25.9 Å². The Labute approximate surface area is 207 Å². The fraction of sp³-hybridized carbons (Fsp3) is 0.308. The number of aliphatic hydroxyl groups is 1. The largest absolute Gasteiger partial charge is 0.454 e. The normalized spacial score (nSPS) is 29.8. The van der Waals surface area contributed by atoms with Crippen molar-refractivity contribution in [1.29, 1.82) is 0 Å². The maximum atomic E-state index is 14.0. The van der Waals surface area contributed by atoms with Gasteiger partial charge in [0.05, 0.1) is 5.56 Å². The lowest BCUT2D eigenvalue weighted by molar-refractivity contribution is -0.169. The number of H-pyrrole nitrogens is 1. The standard InChI is InChI=1S/C26H25N3O6S/c1-13-12-24(13,2)14-7-8-15-19(11-14)35-26(32)16-5-4-6-17(27)21(16)22(30)25(15,26)29-23(31)18-9-10-20(28-18)36(3,33)34/h4-11,13,28,32H,12,27H2,1-3H3,(H,29,31)/t13-,24+,25?,26?/m0/s1. The molecule has 0 saturated heterocycles. The number of ketones is 1. The van der Waals surface area contributed by atoms with E-state index < -0.39 is 32.9 Å². The summed E-state index contributed by atoms with van der Waals surface area (Å²) in [6.07, 6.45) is 2.02. The van der Waals surface area contributed by atoms with Crippen LogP contribution in [0, 0.1) is 5.92 Å². The van der Waals surface area contributed by atoms with Gasteiger partial charge in [0.2, 0.25) is 11.3 Å². The number of hydrogen-bond donors (Lipinski definition) is 4. The monoisotopic (exact) mass is 507 g/mol. The van der Waals surface area contributed by atoms with E-state index in [2.05, 4.69) is 24.1 Å². The molecular formula is C26H25N3O6S. The first-order valence-electron chi connectivity index (χ1n) is 11.5. The Balaban J connectivity index is 1.52. The number of Topliss-reactive ketones (excluding diaryl/α,β-unsaturated/α-hetero) is 1. The first-order chi connectivity index (χ1) is 16.8. The topological polar surface area (TPSA) is 152 Å². The quantitative estimate of drug-likeness (QED) is 0.396. The first kappa shape index (κ1) is 22.8. The van der Waals surface area contributed by atoms with Gasteiger partial charge in [0.1, 0.15) is 16.5 Å². The van der Waals surface area contributed by atoms with Crippen molar-refractivity contribution in [3.8, 4) is 5.75 Å². The molecule has 4 atom stereocenters. The maximum absolute atomic E-state index is 14.0. The molecule has 1 aromatic heterocycles. The number of nitrogens with one attached hydrogen (secondary N) is 2. The predicted octanol–water partition coefficient (Wildman–Crippen LogP) is 2.36. The van der Waals surface area contributed by atoms with Crippen LogP contribution in [0.15, 0.2) is 53.6 Å². The molecule has 2 unspecified atom stereocenters. The molecule has 0 bridgehead atoms. The summed E-state index contributed by atoms with van der Waals surface area (Å²) < 4.78 is 29.9. The number of rotatable bonds is 4. The van der Waals surface area contributed by atoms with E-state index in [9.17, 15) is 23.1 Å². The minimum Gasteiger partial charge on any atom is -0.454 e. The molecule has 2 heterocycles. The number of nitrogens with two attached hydrogens (primary N) is 1. The van der Waals surface area contributed by atoms with Gasteiger partial charge in [-0.05, 0) is 47.6 Å². The fourth-order valence-electron chi connectivity index (χ4n) is 5.67. The van der Waals surface area contributed by atoms with Gasteiger partial charge in [-0.15, -0.1) is 0 Å². The molecule has 2 aromatic carbocycles. The van der Waals surface area contributed by atoms with Gasteiger partial charge in [-0.25, -0.2) is 8.42 Å². The van der Waals surface area contributed by atoms with Gasteiger partial charge in [0.15, 0.2) is 9.84 Å². The summed E-state index contributed by atoms with van der Waals surface area (Å²) in [4.78, 5) is 30.0. The summed E-state index contributed by atoms with van der Waals surface area (Å²) in [5.41, 5.74) is 5.67. The average molecular weight is 508 g/mol. The highest BCUT2D eigenvalue weighted by Crippen LogP contribution is 2.61. The van der Waals surface area contributed by atoms with Crippen molar-refractivity contribution in [3.63, 3.8) is 0 Å². The Kier molecular flexibility index (Phi) is 4.29. The number of ether oxygens (including phenoxy) is 1. The van der Waals surface area contributed by atoms with Crippen LogP contribution < -0.4 is 15.8 Å². The summed E-state index contributed by atoms with van der Waals surface area (Å²) in [6.45, 7) is 4.30. The highest BCUT2D eigenvalue weighted by molar-refractivity contribution is 7.90. The summed E-state index contributed by atoms with van der Waals surface area (Å²) in [5.74, 6) is -2.88. The van der Waals surface area contributed by atoms with Crippen LogP contribution in [0.5, 0.6) is 5.75 Å². The molecule has 9 nitrogen and oxygen atoms in total. The highest BCUT2D eigenvalue weighted by atomic mass is 32.2. The Morgan fingerprint density at radius 3 is 2.56 bits per heavy atom. The molecule has 36 heavy (non-hydrogen) atoms. The van der Waals surface area contributed by atoms with Crippen LogP contribution >= 0.6 is 0 Å². The summed E-state index contributed by atoms with van der Waals surface area (Å²) >= 11 is 0. The van der Waals surface area contributed by atoms with Gasteiger partial charge in [-0.2, -0.15) is 0 Å². The summed E-state index contributed by atoms with van der Waals surface area (Å²) in [6, 6.07) is 12.7. The van der Waals surface area contributed by atoms with Crippen LogP contribution in [0.2, 0.25) is 0 Å². The lowest BCUT2D eigenvalue weighted by Gasteiger charge is -2.34. The van der Waals surface area contributed by atoms with Crippen molar-refractivity contribution in [3.05, 3.63) is 76.5 Å². The molecule has 1 aliphatic heterocycles. The Morgan fingerprint density at radius 2 is 1.92 bits per heavy atom. The lowest BCUT2D eigenvalue weighted by Crippen LogP contribution is -2.60. The zero-order chi connectivity index (χ0) is 25.8. The Morgan fingerprint density at radius 1 is 1.19 bits per heavy atom. The van der Waals surface area contributed by atoms with Crippen LogP contribution in [0.4, 0.5) is 5.69 Å². The Hall–Kier alpha value is -3.63. The van der Waals surface area contributed by atoms with Crippen LogP contribution in [-0.2, 0) is 26.6 Å². The van der Waals surface area contributed by atoms with E-state index in [4.69, 9.17) is 10.5 Å². The molecule has 0 spiro atoms. The molecule has 1 fully saturated rings. The Bertz CT molecular complexity index is 1610. The molecule has 3 aliphatic rings. The van der Waals surface area contributed by atoms with E-state index >= 15 is 0 Å². The van der Waals surface area contributed by atoms with Crippen molar-refractivity contribution >= 4 is 27.2 Å². The molecule has 2 aliphatic carbocycles. The second-order valence-electron chi connectivity index (χ2n) is 10.3. The molecule has 6 rings (SSSR count). The number of benzene rings is 2. The van der Waals surface area contributed by atoms with E-state index in [-0.39, 0.29) is 32.9 Å². The van der Waals surface area contributed by atoms with E-state index in [1.807, 2.05) is 12.1 Å². The smallest absolute Gasteiger partial charge is 0.271 e. The fourth-order valence-corrected chi connectivity index (χ4v) is 6.28.